The van der Waals surface area contributed by atoms with Crippen molar-refractivity contribution in [1.82, 2.24) is 4.90 Å². The van der Waals surface area contributed by atoms with Crippen LogP contribution in [0.2, 0.25) is 5.02 Å². The van der Waals surface area contributed by atoms with Gasteiger partial charge in [0.1, 0.15) is 6.61 Å². The molecule has 5 nitrogen and oxygen atoms in total. The van der Waals surface area contributed by atoms with Crippen molar-refractivity contribution in [2.24, 2.45) is 4.99 Å². The van der Waals surface area contributed by atoms with Gasteiger partial charge in [-0.25, -0.2) is 4.99 Å². The Morgan fingerprint density at radius 3 is 2.66 bits per heavy atom. The van der Waals surface area contributed by atoms with Crippen molar-refractivity contribution in [3.63, 3.8) is 0 Å². The van der Waals surface area contributed by atoms with Crippen LogP contribution < -0.4 is 9.47 Å². The number of nitrogens with zero attached hydrogens (tertiary/aromatic N) is 2. The summed E-state index contributed by atoms with van der Waals surface area (Å²) in [5, 5.41) is 1.28. The number of thioether (sulfide) groups is 1. The van der Waals surface area contributed by atoms with Crippen LogP contribution in [0.3, 0.4) is 0 Å². The van der Waals surface area contributed by atoms with E-state index in [0.29, 0.717) is 44.2 Å². The number of benzene rings is 2. The highest BCUT2D eigenvalue weighted by atomic mass is 79.9. The Bertz CT molecular complexity index is 1090. The number of aliphatic imine (C=N–C) groups is 1. The highest BCUT2D eigenvalue weighted by molar-refractivity contribution is 9.10. The number of amides is 1. The topological polar surface area (TPSA) is 51.1 Å². The zero-order valence-electron chi connectivity index (χ0n) is 17.7. The summed E-state index contributed by atoms with van der Waals surface area (Å²) in [6.45, 7) is 5.10. The molecule has 1 heterocycles. The zero-order chi connectivity index (χ0) is 23.1. The fourth-order valence-corrected chi connectivity index (χ4v) is 4.70. The number of halogens is 2. The van der Waals surface area contributed by atoms with Crippen LogP contribution in [0.5, 0.6) is 11.5 Å². The largest absolute Gasteiger partial charge is 0.490 e. The number of hydrogen-bond donors (Lipinski definition) is 0. The van der Waals surface area contributed by atoms with Gasteiger partial charge in [-0.2, -0.15) is 0 Å². The highest BCUT2D eigenvalue weighted by Gasteiger charge is 2.33. The van der Waals surface area contributed by atoms with Crippen LogP contribution in [0, 0.1) is 12.3 Å². The first-order chi connectivity index (χ1) is 15.5. The van der Waals surface area contributed by atoms with E-state index in [1.165, 1.54) is 11.8 Å². The van der Waals surface area contributed by atoms with E-state index < -0.39 is 0 Å². The third-order valence-corrected chi connectivity index (χ3v) is 6.16. The van der Waals surface area contributed by atoms with Crippen molar-refractivity contribution in [2.75, 3.05) is 19.8 Å². The van der Waals surface area contributed by atoms with Gasteiger partial charge in [0, 0.05) is 11.6 Å². The number of amidine groups is 1. The molecule has 1 saturated heterocycles. The van der Waals surface area contributed by atoms with Crippen LogP contribution in [-0.2, 0) is 4.79 Å². The highest BCUT2D eigenvalue weighted by Crippen LogP contribution is 2.39. The lowest BCUT2D eigenvalue weighted by atomic mass is 10.2. The van der Waals surface area contributed by atoms with Gasteiger partial charge in [-0.05, 0) is 89.1 Å². The van der Waals surface area contributed by atoms with E-state index in [9.17, 15) is 4.79 Å². The molecule has 3 rings (SSSR count). The minimum atomic E-state index is -0.0775. The lowest BCUT2D eigenvalue weighted by Crippen LogP contribution is -2.29. The Kier molecular flexibility index (Phi) is 8.68. The second-order valence-corrected chi connectivity index (χ2v) is 8.99. The van der Waals surface area contributed by atoms with E-state index in [-0.39, 0.29) is 12.5 Å². The Balaban J connectivity index is 1.96. The van der Waals surface area contributed by atoms with E-state index in [1.54, 1.807) is 17.0 Å². The normalized spacial score (nSPS) is 16.0. The molecule has 0 atom stereocenters. The lowest BCUT2D eigenvalue weighted by molar-refractivity contribution is -0.122. The van der Waals surface area contributed by atoms with Crippen LogP contribution in [0.15, 0.2) is 50.8 Å². The number of carbonyl (C=O) groups is 1. The lowest BCUT2D eigenvalue weighted by Gasteiger charge is -2.14. The van der Waals surface area contributed by atoms with Gasteiger partial charge < -0.3 is 9.47 Å². The molecule has 0 saturated carbocycles. The van der Waals surface area contributed by atoms with Gasteiger partial charge in [-0.15, -0.1) is 6.42 Å². The molecule has 0 aromatic heterocycles. The van der Waals surface area contributed by atoms with E-state index in [4.69, 9.17) is 27.5 Å². The van der Waals surface area contributed by atoms with Crippen molar-refractivity contribution >= 4 is 62.1 Å². The number of ether oxygens (including phenoxy) is 2. The molecular formula is C24H22BrClN2O3S. The van der Waals surface area contributed by atoms with Crippen molar-refractivity contribution in [3.8, 4) is 23.8 Å². The second-order valence-electron chi connectivity index (χ2n) is 6.69. The molecule has 2 aromatic carbocycles. The molecule has 2 aromatic rings. The molecular weight excluding hydrogens is 512 g/mol. The maximum absolute atomic E-state index is 13.1. The standard InChI is InChI=1S/C24H22BrClN2O3S/c1-4-11-28-23(29)21(32-24(28)27-18-9-7-17(26)8-10-18)15-16-13-19(25)22(31-12-5-2)20(14-16)30-6-3/h2,7-10,13-15H,4,6,11-12H2,1,3H3/b21-15-,27-24?. The minimum Gasteiger partial charge on any atom is -0.490 e. The molecule has 0 unspecified atom stereocenters. The van der Waals surface area contributed by atoms with Crippen LogP contribution in [0.1, 0.15) is 25.8 Å². The van der Waals surface area contributed by atoms with Gasteiger partial charge in [-0.1, -0.05) is 24.4 Å². The molecule has 32 heavy (non-hydrogen) atoms. The SMILES string of the molecule is C#CCOc1c(Br)cc(/C=C2\SC(=Nc3ccc(Cl)cc3)N(CCC)C2=O)cc1OCC. The quantitative estimate of drug-likeness (QED) is 0.286. The van der Waals surface area contributed by atoms with Crippen molar-refractivity contribution in [2.45, 2.75) is 20.3 Å². The summed E-state index contributed by atoms with van der Waals surface area (Å²) in [6, 6.07) is 10.9. The molecule has 8 heteroatoms. The van der Waals surface area contributed by atoms with E-state index in [0.717, 1.165) is 17.7 Å². The molecule has 0 spiro atoms. The first-order valence-electron chi connectivity index (χ1n) is 10.0. The summed E-state index contributed by atoms with van der Waals surface area (Å²) < 4.78 is 12.0. The first-order valence-corrected chi connectivity index (χ1v) is 12.0. The molecule has 0 N–H and O–H groups in total. The molecule has 1 aliphatic heterocycles. The Morgan fingerprint density at radius 1 is 1.25 bits per heavy atom. The van der Waals surface area contributed by atoms with Gasteiger partial charge in [0.05, 0.1) is 21.7 Å². The predicted octanol–water partition coefficient (Wildman–Crippen LogP) is 6.53. The fraction of sp³-hybridized carbons (Fsp3) is 0.250. The second kappa shape index (κ2) is 11.5. The van der Waals surface area contributed by atoms with Crippen LogP contribution in [0.25, 0.3) is 6.08 Å². The van der Waals surface area contributed by atoms with Crippen molar-refractivity contribution < 1.29 is 14.3 Å². The van der Waals surface area contributed by atoms with Gasteiger partial charge in [-0.3, -0.25) is 9.69 Å². The van der Waals surface area contributed by atoms with Crippen LogP contribution in [0.4, 0.5) is 5.69 Å². The van der Waals surface area contributed by atoms with Gasteiger partial charge in [0.25, 0.3) is 5.91 Å². The Labute approximate surface area is 206 Å². The summed E-state index contributed by atoms with van der Waals surface area (Å²) in [7, 11) is 0. The van der Waals surface area contributed by atoms with Gasteiger partial charge in [0.2, 0.25) is 0 Å². The van der Waals surface area contributed by atoms with Gasteiger partial charge >= 0.3 is 0 Å². The maximum Gasteiger partial charge on any atom is 0.266 e. The van der Waals surface area contributed by atoms with Gasteiger partial charge in [0.15, 0.2) is 16.7 Å². The van der Waals surface area contributed by atoms with E-state index in [2.05, 4.69) is 26.8 Å². The van der Waals surface area contributed by atoms with E-state index >= 15 is 0 Å². The number of hydrogen-bond acceptors (Lipinski definition) is 5. The van der Waals surface area contributed by atoms with E-state index in [1.807, 2.05) is 44.2 Å². The Morgan fingerprint density at radius 2 is 2.00 bits per heavy atom. The molecule has 0 bridgehead atoms. The summed E-state index contributed by atoms with van der Waals surface area (Å²) >= 11 is 10.8. The molecule has 1 aliphatic rings. The predicted molar refractivity (Wildman–Crippen MR) is 136 cm³/mol. The maximum atomic E-state index is 13.1. The summed E-state index contributed by atoms with van der Waals surface area (Å²) in [5.41, 5.74) is 1.54. The average Bonchev–Trinajstić information content (AvgIpc) is 3.04. The molecule has 0 aliphatic carbocycles. The molecule has 166 valence electrons. The average molecular weight is 534 g/mol. The third-order valence-electron chi connectivity index (χ3n) is 4.32. The Hall–Kier alpha value is -2.40. The molecule has 1 fully saturated rings. The van der Waals surface area contributed by atoms with Crippen molar-refractivity contribution in [1.29, 1.82) is 0 Å². The fourth-order valence-electron chi connectivity index (χ4n) is 2.98. The van der Waals surface area contributed by atoms with Crippen LogP contribution in [-0.4, -0.2) is 35.7 Å². The van der Waals surface area contributed by atoms with Crippen LogP contribution >= 0.6 is 39.3 Å². The third kappa shape index (κ3) is 5.89. The number of carbonyl (C=O) groups excluding carboxylic acids is 1. The monoisotopic (exact) mass is 532 g/mol. The zero-order valence-corrected chi connectivity index (χ0v) is 20.9. The first kappa shape index (κ1) is 24.2. The summed E-state index contributed by atoms with van der Waals surface area (Å²) in [6.07, 6.45) is 7.97. The molecule has 0 radical (unpaired) electrons. The molecule has 1 amide bonds. The summed E-state index contributed by atoms with van der Waals surface area (Å²) in [4.78, 5) is 20.1. The number of terminal acetylenes is 1. The smallest absolute Gasteiger partial charge is 0.266 e. The summed E-state index contributed by atoms with van der Waals surface area (Å²) in [5.74, 6) is 3.47. The minimum absolute atomic E-state index is 0.0775. The number of rotatable bonds is 8. The van der Waals surface area contributed by atoms with Crippen molar-refractivity contribution in [3.05, 3.63) is 56.4 Å².